The summed E-state index contributed by atoms with van der Waals surface area (Å²) in [5.41, 5.74) is 5.86. The van der Waals surface area contributed by atoms with Gasteiger partial charge < -0.3 is 5.73 Å². The smallest absolute Gasteiger partial charge is 0.233 e. The maximum absolute atomic E-state index is 12.3. The fraction of sp³-hybridized carbons (Fsp3) is 0.857. The van der Waals surface area contributed by atoms with E-state index >= 15 is 0 Å². The van der Waals surface area contributed by atoms with Crippen LogP contribution < -0.4 is 5.73 Å². The van der Waals surface area contributed by atoms with E-state index in [-0.39, 0.29) is 29.7 Å². The lowest BCUT2D eigenvalue weighted by molar-refractivity contribution is -0.141. The van der Waals surface area contributed by atoms with E-state index in [1.165, 1.54) is 32.1 Å². The Morgan fingerprint density at radius 1 is 1.00 bits per heavy atom. The maximum atomic E-state index is 12.3. The van der Waals surface area contributed by atoms with Crippen molar-refractivity contribution in [3.63, 3.8) is 0 Å². The van der Waals surface area contributed by atoms with Crippen LogP contribution in [-0.4, -0.2) is 29.3 Å². The van der Waals surface area contributed by atoms with Crippen molar-refractivity contribution in [2.24, 2.45) is 23.5 Å². The third kappa shape index (κ3) is 1.96. The first-order valence-corrected chi connectivity index (χ1v) is 7.27. The van der Waals surface area contributed by atoms with Crippen LogP contribution in [0, 0.1) is 17.8 Å². The zero-order chi connectivity index (χ0) is 12.7. The van der Waals surface area contributed by atoms with Crippen molar-refractivity contribution in [2.75, 3.05) is 6.54 Å². The highest BCUT2D eigenvalue weighted by atomic mass is 16.2. The average molecular weight is 250 g/mol. The van der Waals surface area contributed by atoms with Crippen LogP contribution in [0.2, 0.25) is 0 Å². The number of nitrogens with zero attached hydrogens (tertiary/aromatic N) is 1. The van der Waals surface area contributed by atoms with Crippen molar-refractivity contribution in [1.82, 2.24) is 4.90 Å². The minimum absolute atomic E-state index is 0.0460. The van der Waals surface area contributed by atoms with Crippen LogP contribution in [0.3, 0.4) is 0 Å². The Kier molecular flexibility index (Phi) is 3.14. The van der Waals surface area contributed by atoms with Gasteiger partial charge in [-0.1, -0.05) is 19.3 Å². The molecule has 1 saturated heterocycles. The van der Waals surface area contributed by atoms with E-state index in [1.807, 2.05) is 0 Å². The molecule has 3 fully saturated rings. The number of hydrogen-bond acceptors (Lipinski definition) is 3. The second-order valence-electron chi connectivity index (χ2n) is 6.24. The second-order valence-corrected chi connectivity index (χ2v) is 6.24. The fourth-order valence-corrected chi connectivity index (χ4v) is 3.94. The Balaban J connectivity index is 1.67. The number of hydrogen-bond donors (Lipinski definition) is 1. The number of rotatable bonds is 2. The van der Waals surface area contributed by atoms with Gasteiger partial charge in [0.05, 0.1) is 11.8 Å². The van der Waals surface area contributed by atoms with Crippen molar-refractivity contribution >= 4 is 11.8 Å². The number of nitrogens with two attached hydrogens (primary N) is 1. The summed E-state index contributed by atoms with van der Waals surface area (Å²) < 4.78 is 0. The third-order valence-corrected chi connectivity index (χ3v) is 4.93. The van der Waals surface area contributed by atoms with Gasteiger partial charge in [0.15, 0.2) is 0 Å². The highest BCUT2D eigenvalue weighted by molar-refractivity contribution is 6.05. The van der Waals surface area contributed by atoms with Crippen LogP contribution >= 0.6 is 0 Å². The first-order chi connectivity index (χ1) is 8.66. The number of carbonyl (C=O) groups excluding carboxylic acids is 2. The molecule has 3 aliphatic rings. The van der Waals surface area contributed by atoms with E-state index in [4.69, 9.17) is 5.73 Å². The van der Waals surface area contributed by atoms with Gasteiger partial charge in [0.1, 0.15) is 0 Å². The van der Waals surface area contributed by atoms with Gasteiger partial charge in [-0.05, 0) is 31.6 Å². The molecule has 2 aliphatic carbocycles. The lowest BCUT2D eigenvalue weighted by atomic mass is 9.89. The predicted molar refractivity (Wildman–Crippen MR) is 67.5 cm³/mol. The summed E-state index contributed by atoms with van der Waals surface area (Å²) >= 11 is 0. The number of likely N-dealkylation sites (tertiary alicyclic amines) is 1. The molecule has 0 aromatic heterocycles. The molecule has 3 rings (SSSR count). The predicted octanol–water partition coefficient (Wildman–Crippen LogP) is 1.29. The number of amides is 2. The standard InChI is InChI=1S/C14H22N2O2/c15-10-6-11-12(7-10)14(18)16(13(11)17)8-9-4-2-1-3-5-9/h9-12H,1-8,15H2/t10?,11-,12?/m0/s1. The van der Waals surface area contributed by atoms with Crippen LogP contribution in [0.1, 0.15) is 44.9 Å². The van der Waals surface area contributed by atoms with Crippen molar-refractivity contribution in [3.05, 3.63) is 0 Å². The van der Waals surface area contributed by atoms with E-state index < -0.39 is 0 Å². The van der Waals surface area contributed by atoms with Gasteiger partial charge in [0.2, 0.25) is 11.8 Å². The van der Waals surface area contributed by atoms with Crippen LogP contribution in [0.15, 0.2) is 0 Å². The van der Waals surface area contributed by atoms with E-state index in [9.17, 15) is 9.59 Å². The van der Waals surface area contributed by atoms with Crippen molar-refractivity contribution < 1.29 is 9.59 Å². The van der Waals surface area contributed by atoms with E-state index in [0.29, 0.717) is 25.3 Å². The molecule has 1 heterocycles. The molecule has 0 radical (unpaired) electrons. The van der Waals surface area contributed by atoms with Crippen LogP contribution in [0.25, 0.3) is 0 Å². The Bertz CT molecular complexity index is 339. The highest BCUT2D eigenvalue weighted by Gasteiger charge is 2.52. The molecule has 1 aliphatic heterocycles. The minimum Gasteiger partial charge on any atom is -0.328 e. The molecule has 2 amide bonds. The summed E-state index contributed by atoms with van der Waals surface area (Å²) in [5.74, 6) is 0.457. The van der Waals surface area contributed by atoms with Gasteiger partial charge in [0, 0.05) is 12.6 Å². The molecule has 0 aromatic carbocycles. The van der Waals surface area contributed by atoms with E-state index in [0.717, 1.165) is 0 Å². The molecular formula is C14H22N2O2. The lowest BCUT2D eigenvalue weighted by Crippen LogP contribution is -2.38. The first kappa shape index (κ1) is 12.2. The summed E-state index contributed by atoms with van der Waals surface area (Å²) in [6.07, 6.45) is 7.56. The largest absolute Gasteiger partial charge is 0.328 e. The molecular weight excluding hydrogens is 228 g/mol. The van der Waals surface area contributed by atoms with Crippen molar-refractivity contribution in [1.29, 1.82) is 0 Å². The monoisotopic (exact) mass is 250 g/mol. The third-order valence-electron chi connectivity index (χ3n) is 4.93. The van der Waals surface area contributed by atoms with Gasteiger partial charge >= 0.3 is 0 Å². The quantitative estimate of drug-likeness (QED) is 0.751. The minimum atomic E-state index is -0.101. The molecule has 4 nitrogen and oxygen atoms in total. The SMILES string of the molecule is NC1CC2C(=O)N(CC3CCCCC3)C(=O)[C@H]2C1. The van der Waals surface area contributed by atoms with Gasteiger partial charge in [-0.2, -0.15) is 0 Å². The molecule has 0 spiro atoms. The van der Waals surface area contributed by atoms with Gasteiger partial charge in [-0.15, -0.1) is 0 Å². The van der Waals surface area contributed by atoms with Crippen LogP contribution in [0.4, 0.5) is 0 Å². The molecule has 3 atom stereocenters. The Labute approximate surface area is 108 Å². The fourth-order valence-electron chi connectivity index (χ4n) is 3.94. The zero-order valence-electron chi connectivity index (χ0n) is 10.8. The summed E-state index contributed by atoms with van der Waals surface area (Å²) in [6.45, 7) is 0.667. The van der Waals surface area contributed by atoms with Gasteiger partial charge in [-0.3, -0.25) is 14.5 Å². The van der Waals surface area contributed by atoms with Crippen LogP contribution in [-0.2, 0) is 9.59 Å². The van der Waals surface area contributed by atoms with E-state index in [2.05, 4.69) is 0 Å². The molecule has 4 heteroatoms. The summed E-state index contributed by atoms with van der Waals surface area (Å²) in [4.78, 5) is 26.1. The molecule has 2 unspecified atom stereocenters. The first-order valence-electron chi connectivity index (χ1n) is 7.27. The molecule has 100 valence electrons. The maximum Gasteiger partial charge on any atom is 0.233 e. The zero-order valence-corrected chi connectivity index (χ0v) is 10.8. The number of imide groups is 1. The normalized spacial score (nSPS) is 37.4. The lowest BCUT2D eigenvalue weighted by Gasteiger charge is -2.26. The molecule has 18 heavy (non-hydrogen) atoms. The number of fused-ring (bicyclic) bond motifs is 1. The number of carbonyl (C=O) groups is 2. The van der Waals surface area contributed by atoms with E-state index in [1.54, 1.807) is 4.90 Å². The van der Waals surface area contributed by atoms with Gasteiger partial charge in [-0.25, -0.2) is 0 Å². The average Bonchev–Trinajstić information content (AvgIpc) is 2.85. The Morgan fingerprint density at radius 2 is 1.56 bits per heavy atom. The highest BCUT2D eigenvalue weighted by Crippen LogP contribution is 2.40. The molecule has 2 N–H and O–H groups in total. The Morgan fingerprint density at radius 3 is 2.11 bits per heavy atom. The molecule has 2 saturated carbocycles. The van der Waals surface area contributed by atoms with Gasteiger partial charge in [0.25, 0.3) is 0 Å². The second kappa shape index (κ2) is 4.65. The summed E-state index contributed by atoms with van der Waals surface area (Å²) in [6, 6.07) is 0.0460. The van der Waals surface area contributed by atoms with Crippen molar-refractivity contribution in [2.45, 2.75) is 51.0 Å². The summed E-state index contributed by atoms with van der Waals surface area (Å²) in [5, 5.41) is 0. The summed E-state index contributed by atoms with van der Waals surface area (Å²) in [7, 11) is 0. The topological polar surface area (TPSA) is 63.4 Å². The molecule has 0 bridgehead atoms. The molecule has 0 aromatic rings. The van der Waals surface area contributed by atoms with Crippen LogP contribution in [0.5, 0.6) is 0 Å². The van der Waals surface area contributed by atoms with Crippen molar-refractivity contribution in [3.8, 4) is 0 Å². The Hall–Kier alpha value is -0.900.